The number of pyridine rings is 1. The fourth-order valence-corrected chi connectivity index (χ4v) is 3.04. The zero-order chi connectivity index (χ0) is 18.3. The molecule has 2 aromatic carbocycles. The Balaban J connectivity index is 1.58. The maximum Gasteiger partial charge on any atom is 0.0960 e. The van der Waals surface area contributed by atoms with Gasteiger partial charge in [-0.25, -0.2) is 4.98 Å². The van der Waals surface area contributed by atoms with Crippen LogP contribution >= 0.6 is 0 Å². The second kappa shape index (κ2) is 8.43. The van der Waals surface area contributed by atoms with E-state index in [4.69, 9.17) is 4.74 Å². The Morgan fingerprint density at radius 3 is 2.22 bits per heavy atom. The molecule has 4 nitrogen and oxygen atoms in total. The molecule has 0 aliphatic rings. The number of imidazole rings is 1. The van der Waals surface area contributed by atoms with Crippen molar-refractivity contribution in [3.05, 3.63) is 108 Å². The van der Waals surface area contributed by atoms with E-state index in [2.05, 4.69) is 38.8 Å². The minimum Gasteiger partial charge on any atom is -0.370 e. The van der Waals surface area contributed by atoms with E-state index in [0.717, 1.165) is 28.2 Å². The summed E-state index contributed by atoms with van der Waals surface area (Å²) >= 11 is 0. The minimum absolute atomic E-state index is 0.492. The molecule has 0 atom stereocenters. The normalized spacial score (nSPS) is 10.8. The zero-order valence-electron chi connectivity index (χ0n) is 15.0. The Kier molecular flexibility index (Phi) is 5.36. The van der Waals surface area contributed by atoms with Crippen molar-refractivity contribution in [2.45, 2.75) is 19.8 Å². The molecule has 0 bridgehead atoms. The summed E-state index contributed by atoms with van der Waals surface area (Å²) in [4.78, 5) is 9.10. The zero-order valence-corrected chi connectivity index (χ0v) is 15.0. The number of ether oxygens (including phenoxy) is 1. The summed E-state index contributed by atoms with van der Waals surface area (Å²) in [6.45, 7) is 1.74. The molecule has 0 fully saturated rings. The van der Waals surface area contributed by atoms with Gasteiger partial charge in [-0.3, -0.25) is 4.98 Å². The average molecular weight is 355 g/mol. The van der Waals surface area contributed by atoms with E-state index in [0.29, 0.717) is 19.8 Å². The van der Waals surface area contributed by atoms with Crippen LogP contribution in [0, 0.1) is 0 Å². The second-order valence-corrected chi connectivity index (χ2v) is 6.33. The van der Waals surface area contributed by atoms with Crippen LogP contribution in [0.4, 0.5) is 0 Å². The number of nitrogens with zero attached hydrogens (tertiary/aromatic N) is 3. The van der Waals surface area contributed by atoms with Crippen LogP contribution < -0.4 is 0 Å². The van der Waals surface area contributed by atoms with Crippen molar-refractivity contribution < 1.29 is 4.74 Å². The van der Waals surface area contributed by atoms with Crippen LogP contribution in [0.1, 0.15) is 17.0 Å². The van der Waals surface area contributed by atoms with Gasteiger partial charge in [0.2, 0.25) is 0 Å². The molecule has 4 rings (SSSR count). The lowest BCUT2D eigenvalue weighted by Gasteiger charge is -2.11. The molecule has 4 heteroatoms. The highest BCUT2D eigenvalue weighted by Crippen LogP contribution is 2.23. The quantitative estimate of drug-likeness (QED) is 0.482. The summed E-state index contributed by atoms with van der Waals surface area (Å²) in [5.41, 5.74) is 5.27. The Hall–Kier alpha value is -3.24. The van der Waals surface area contributed by atoms with Crippen LogP contribution in [0.5, 0.6) is 0 Å². The van der Waals surface area contributed by atoms with Crippen LogP contribution in [-0.2, 0) is 24.5 Å². The largest absolute Gasteiger partial charge is 0.370 e. The average Bonchev–Trinajstić information content (AvgIpc) is 3.13. The lowest BCUT2D eigenvalue weighted by molar-refractivity contribution is 0.103. The van der Waals surface area contributed by atoms with Crippen LogP contribution in [0.25, 0.3) is 11.3 Å². The van der Waals surface area contributed by atoms with Crippen molar-refractivity contribution >= 4 is 0 Å². The third-order valence-corrected chi connectivity index (χ3v) is 4.40. The predicted octanol–water partition coefficient (Wildman–Crippen LogP) is 4.71. The molecular formula is C23H21N3O. The number of rotatable bonds is 7. The van der Waals surface area contributed by atoms with E-state index in [1.807, 2.05) is 67.1 Å². The van der Waals surface area contributed by atoms with E-state index in [9.17, 15) is 0 Å². The first-order valence-electron chi connectivity index (χ1n) is 9.01. The van der Waals surface area contributed by atoms with E-state index in [1.54, 1.807) is 0 Å². The van der Waals surface area contributed by atoms with Crippen molar-refractivity contribution in [2.75, 3.05) is 0 Å². The summed E-state index contributed by atoms with van der Waals surface area (Å²) in [6, 6.07) is 26.4. The fourth-order valence-electron chi connectivity index (χ4n) is 3.04. The molecule has 0 amide bonds. The molecule has 0 saturated heterocycles. The Morgan fingerprint density at radius 2 is 1.48 bits per heavy atom. The first-order valence-corrected chi connectivity index (χ1v) is 9.01. The topological polar surface area (TPSA) is 39.9 Å². The van der Waals surface area contributed by atoms with Gasteiger partial charge in [-0.2, -0.15) is 0 Å². The number of benzene rings is 2. The van der Waals surface area contributed by atoms with Crippen LogP contribution in [-0.4, -0.2) is 14.5 Å². The van der Waals surface area contributed by atoms with Crippen LogP contribution in [0.2, 0.25) is 0 Å². The maximum atomic E-state index is 6.02. The lowest BCUT2D eigenvalue weighted by Crippen LogP contribution is -2.07. The predicted molar refractivity (Wildman–Crippen MR) is 106 cm³/mol. The summed E-state index contributed by atoms with van der Waals surface area (Å²) in [7, 11) is 0. The number of hydrogen-bond acceptors (Lipinski definition) is 3. The third kappa shape index (κ3) is 4.30. The van der Waals surface area contributed by atoms with Crippen molar-refractivity contribution in [3.63, 3.8) is 0 Å². The standard InChI is InChI=1S/C23H21N3O/c1-3-9-19(10-4-1)16-27-17-22-23(20-11-5-2-6-12-20)25-18-26(22)15-21-13-7-8-14-24-21/h1-14,18H,15-17H2. The summed E-state index contributed by atoms with van der Waals surface area (Å²) in [5, 5.41) is 0. The molecule has 2 aromatic heterocycles. The second-order valence-electron chi connectivity index (χ2n) is 6.33. The van der Waals surface area contributed by atoms with Gasteiger partial charge in [0.25, 0.3) is 0 Å². The molecule has 0 aliphatic heterocycles. The van der Waals surface area contributed by atoms with Gasteiger partial charge in [0.15, 0.2) is 0 Å². The highest BCUT2D eigenvalue weighted by atomic mass is 16.5. The first kappa shape index (κ1) is 17.2. The molecule has 0 N–H and O–H groups in total. The molecule has 0 unspecified atom stereocenters. The Morgan fingerprint density at radius 1 is 0.741 bits per heavy atom. The molecule has 134 valence electrons. The molecule has 0 spiro atoms. The van der Waals surface area contributed by atoms with Crippen molar-refractivity contribution in [1.29, 1.82) is 0 Å². The SMILES string of the molecule is c1ccc(COCc2c(-c3ccccc3)ncn2Cc2ccccn2)cc1. The van der Waals surface area contributed by atoms with Gasteiger partial charge in [-0.05, 0) is 17.7 Å². The van der Waals surface area contributed by atoms with E-state index in [-0.39, 0.29) is 0 Å². The maximum absolute atomic E-state index is 6.02. The lowest BCUT2D eigenvalue weighted by atomic mass is 10.1. The van der Waals surface area contributed by atoms with Gasteiger partial charge in [0.1, 0.15) is 0 Å². The molecule has 27 heavy (non-hydrogen) atoms. The van der Waals surface area contributed by atoms with Gasteiger partial charge in [0.05, 0.1) is 43.2 Å². The first-order chi connectivity index (χ1) is 13.4. The fraction of sp³-hybridized carbons (Fsp3) is 0.130. The van der Waals surface area contributed by atoms with E-state index >= 15 is 0 Å². The molecule has 0 saturated carbocycles. The molecule has 0 radical (unpaired) electrons. The minimum atomic E-state index is 0.492. The molecule has 2 heterocycles. The molecule has 4 aromatic rings. The highest BCUT2D eigenvalue weighted by Gasteiger charge is 2.14. The number of hydrogen-bond donors (Lipinski definition) is 0. The third-order valence-electron chi connectivity index (χ3n) is 4.40. The van der Waals surface area contributed by atoms with Crippen molar-refractivity contribution in [3.8, 4) is 11.3 Å². The van der Waals surface area contributed by atoms with Crippen LogP contribution in [0.15, 0.2) is 91.4 Å². The summed E-state index contributed by atoms with van der Waals surface area (Å²) in [5.74, 6) is 0. The van der Waals surface area contributed by atoms with Gasteiger partial charge in [-0.15, -0.1) is 0 Å². The summed E-state index contributed by atoms with van der Waals surface area (Å²) in [6.07, 6.45) is 3.69. The Labute approximate surface area is 159 Å². The highest BCUT2D eigenvalue weighted by molar-refractivity contribution is 5.61. The number of aromatic nitrogens is 3. The van der Waals surface area contributed by atoms with Crippen molar-refractivity contribution in [2.24, 2.45) is 0 Å². The van der Waals surface area contributed by atoms with E-state index in [1.165, 1.54) is 0 Å². The van der Waals surface area contributed by atoms with Gasteiger partial charge >= 0.3 is 0 Å². The molecular weight excluding hydrogens is 334 g/mol. The smallest absolute Gasteiger partial charge is 0.0960 e. The van der Waals surface area contributed by atoms with Crippen LogP contribution in [0.3, 0.4) is 0 Å². The Bertz CT molecular complexity index is 966. The van der Waals surface area contributed by atoms with Crippen molar-refractivity contribution in [1.82, 2.24) is 14.5 Å². The van der Waals surface area contributed by atoms with Gasteiger partial charge < -0.3 is 9.30 Å². The van der Waals surface area contributed by atoms with Gasteiger partial charge in [-0.1, -0.05) is 66.7 Å². The monoisotopic (exact) mass is 355 g/mol. The van der Waals surface area contributed by atoms with Gasteiger partial charge in [0, 0.05) is 11.8 Å². The summed E-state index contributed by atoms with van der Waals surface area (Å²) < 4.78 is 8.14. The molecule has 0 aliphatic carbocycles. The van der Waals surface area contributed by atoms with E-state index < -0.39 is 0 Å².